The molecule has 0 amide bonds. The molecule has 0 saturated carbocycles. The summed E-state index contributed by atoms with van der Waals surface area (Å²) >= 11 is 6.95. The summed E-state index contributed by atoms with van der Waals surface area (Å²) in [6.45, 7) is 1.81. The van der Waals surface area contributed by atoms with E-state index in [0.29, 0.717) is 6.42 Å². The summed E-state index contributed by atoms with van der Waals surface area (Å²) in [5.41, 5.74) is 0. The lowest BCUT2D eigenvalue weighted by Gasteiger charge is -1.71. The average Bonchev–Trinajstić information content (AvgIpc) is 1.65. The summed E-state index contributed by atoms with van der Waals surface area (Å²) < 4.78 is 0.743. The third kappa shape index (κ3) is 45.2. The predicted octanol–water partition coefficient (Wildman–Crippen LogP) is 3.17. The second-order valence-corrected chi connectivity index (χ2v) is 11.7. The Kier molecular flexibility index (Phi) is 18.2. The molecular weight excluding hydrogens is 445 g/mol. The van der Waals surface area contributed by atoms with Crippen LogP contribution in [0.3, 0.4) is 0 Å². The Hall–Kier alpha value is 1.86. The van der Waals surface area contributed by atoms with Crippen LogP contribution < -0.4 is 0 Å². The maximum Gasteiger partial charge on any atom is 0.119 e. The fraction of sp³-hybridized carbons (Fsp3) is 0.750. The molecule has 0 atom stereocenters. The van der Waals surface area contributed by atoms with E-state index in [0.717, 1.165) is 6.22 Å². The van der Waals surface area contributed by atoms with Crippen molar-refractivity contribution in [1.82, 2.24) is 0 Å². The first kappa shape index (κ1) is 12.5. The van der Waals surface area contributed by atoms with Crippen molar-refractivity contribution in [2.24, 2.45) is 0 Å². The van der Waals surface area contributed by atoms with Crippen LogP contribution >= 0.6 is 67.8 Å². The van der Waals surface area contributed by atoms with E-state index in [1.807, 2.05) is 6.92 Å². The van der Waals surface area contributed by atoms with E-state index in [1.165, 1.54) is 0 Å². The zero-order valence-corrected chi connectivity index (χ0v) is 10.9. The van der Waals surface area contributed by atoms with Crippen LogP contribution in [0.15, 0.2) is 0 Å². The molecule has 1 nitrogen and oxygen atoms in total. The zero-order valence-electron chi connectivity index (χ0n) is 4.40. The number of alkyl halides is 3. The van der Waals surface area contributed by atoms with Gasteiger partial charge in [0.1, 0.15) is 6.22 Å². The number of halogens is 3. The molecule has 0 heterocycles. The minimum atomic E-state index is 0.639. The van der Waals surface area contributed by atoms with Crippen LogP contribution in [0.1, 0.15) is 13.3 Å². The maximum absolute atomic E-state index is 9.17. The fourth-order valence-electron chi connectivity index (χ4n) is 0. The lowest BCUT2D eigenvalue weighted by atomic mass is 10.6. The second kappa shape index (κ2) is 11.6. The van der Waals surface area contributed by atoms with Crippen LogP contribution in [-0.2, 0) is 4.79 Å². The Labute approximate surface area is 90.8 Å². The summed E-state index contributed by atoms with van der Waals surface area (Å²) in [5, 5.41) is 0. The molecule has 0 aromatic rings. The SMILES string of the molecule is CCC=O.IC(I)I. The molecule has 0 aromatic carbocycles. The van der Waals surface area contributed by atoms with Crippen molar-refractivity contribution in [3.05, 3.63) is 0 Å². The van der Waals surface area contributed by atoms with Crippen LogP contribution in [-0.4, -0.2) is 6.22 Å². The molecular formula is C4H7I3O. The predicted molar refractivity (Wildman–Crippen MR) is 62.2 cm³/mol. The Balaban J connectivity index is 0. The molecule has 0 unspecified atom stereocenters. The van der Waals surface area contributed by atoms with Crippen LogP contribution in [0.25, 0.3) is 0 Å². The van der Waals surface area contributed by atoms with Gasteiger partial charge in [0, 0.05) is 6.42 Å². The van der Waals surface area contributed by atoms with Gasteiger partial charge in [0.15, 0.2) is 0 Å². The van der Waals surface area contributed by atoms with Crippen molar-refractivity contribution in [2.75, 3.05) is 0 Å². The number of carbonyl (C=O) groups excluding carboxylic acids is 1. The molecule has 0 fully saturated rings. The molecule has 0 radical (unpaired) electrons. The number of rotatable bonds is 1. The van der Waals surface area contributed by atoms with E-state index in [2.05, 4.69) is 67.8 Å². The summed E-state index contributed by atoms with van der Waals surface area (Å²) in [6.07, 6.45) is 1.51. The molecule has 0 spiro atoms. The standard InChI is InChI=1S/C3H6O.CHI3/c1-2-3-4;2-1(3)4/h3H,2H2,1H3;1H. The van der Waals surface area contributed by atoms with Gasteiger partial charge in [0.25, 0.3) is 0 Å². The van der Waals surface area contributed by atoms with Gasteiger partial charge in [-0.05, 0) is 0 Å². The van der Waals surface area contributed by atoms with Gasteiger partial charge >= 0.3 is 0 Å². The van der Waals surface area contributed by atoms with E-state index in [4.69, 9.17) is 0 Å². The molecule has 0 aromatic heterocycles. The first-order valence-corrected chi connectivity index (χ1v) is 5.74. The van der Waals surface area contributed by atoms with E-state index < -0.39 is 0 Å². The third-order valence-corrected chi connectivity index (χ3v) is 0.167. The van der Waals surface area contributed by atoms with Gasteiger partial charge in [0.2, 0.25) is 0 Å². The minimum Gasteiger partial charge on any atom is -0.303 e. The van der Waals surface area contributed by atoms with E-state index in [9.17, 15) is 4.79 Å². The number of aldehydes is 1. The highest BCUT2D eigenvalue weighted by Gasteiger charge is 1.76. The Morgan fingerprint density at radius 3 is 1.62 bits per heavy atom. The van der Waals surface area contributed by atoms with Gasteiger partial charge < -0.3 is 4.79 Å². The topological polar surface area (TPSA) is 17.1 Å². The largest absolute Gasteiger partial charge is 0.303 e. The van der Waals surface area contributed by atoms with Gasteiger partial charge in [-0.15, -0.1) is 0 Å². The molecule has 0 aliphatic carbocycles. The van der Waals surface area contributed by atoms with Crippen molar-refractivity contribution < 1.29 is 4.79 Å². The molecule has 50 valence electrons. The molecule has 0 N–H and O–H groups in total. The zero-order chi connectivity index (χ0) is 6.99. The Morgan fingerprint density at radius 1 is 1.50 bits per heavy atom. The summed E-state index contributed by atoms with van der Waals surface area (Å²) in [6, 6.07) is 0. The van der Waals surface area contributed by atoms with Gasteiger partial charge in [-0.1, -0.05) is 74.7 Å². The minimum absolute atomic E-state index is 0.639. The maximum atomic E-state index is 9.17. The average molecular weight is 452 g/mol. The van der Waals surface area contributed by atoms with Crippen molar-refractivity contribution in [1.29, 1.82) is 0 Å². The van der Waals surface area contributed by atoms with Gasteiger partial charge in [0.05, 0.1) is 0 Å². The third-order valence-electron chi connectivity index (χ3n) is 0.167. The van der Waals surface area contributed by atoms with Crippen molar-refractivity contribution >= 4 is 74.1 Å². The van der Waals surface area contributed by atoms with E-state index in [-0.39, 0.29) is 0 Å². The lowest BCUT2D eigenvalue weighted by Crippen LogP contribution is -1.55. The van der Waals surface area contributed by atoms with Gasteiger partial charge in [-0.3, -0.25) is 0 Å². The highest BCUT2D eigenvalue weighted by molar-refractivity contribution is 14.3. The van der Waals surface area contributed by atoms with Crippen LogP contribution in [0, 0.1) is 0 Å². The fourth-order valence-corrected chi connectivity index (χ4v) is 0. The highest BCUT2D eigenvalue weighted by Crippen LogP contribution is 2.16. The number of hydrogen-bond acceptors (Lipinski definition) is 1. The Bertz CT molecular complexity index is 43.8. The first-order valence-electron chi connectivity index (χ1n) is 2.01. The molecule has 0 saturated heterocycles. The smallest absolute Gasteiger partial charge is 0.119 e. The monoisotopic (exact) mass is 452 g/mol. The Morgan fingerprint density at radius 2 is 1.62 bits per heavy atom. The molecule has 8 heavy (non-hydrogen) atoms. The molecule has 0 bridgehead atoms. The normalized spacial score (nSPS) is 7.62. The van der Waals surface area contributed by atoms with Crippen molar-refractivity contribution in [3.63, 3.8) is 0 Å². The van der Waals surface area contributed by atoms with Crippen molar-refractivity contribution in [2.45, 2.75) is 13.3 Å². The quantitative estimate of drug-likeness (QED) is 0.340. The van der Waals surface area contributed by atoms with E-state index in [1.54, 1.807) is 0 Å². The van der Waals surface area contributed by atoms with Gasteiger partial charge in [-0.25, -0.2) is 0 Å². The number of carbonyl (C=O) groups is 1. The molecule has 0 aliphatic heterocycles. The first-order chi connectivity index (χ1) is 3.65. The highest BCUT2D eigenvalue weighted by atomic mass is 127. The lowest BCUT2D eigenvalue weighted by molar-refractivity contribution is -0.107. The van der Waals surface area contributed by atoms with Crippen LogP contribution in [0.2, 0.25) is 0 Å². The van der Waals surface area contributed by atoms with Gasteiger partial charge in [-0.2, -0.15) is 0 Å². The summed E-state index contributed by atoms with van der Waals surface area (Å²) in [5.74, 6) is 0. The molecule has 0 rings (SSSR count). The van der Waals surface area contributed by atoms with Crippen molar-refractivity contribution in [3.8, 4) is 0 Å². The molecule has 4 heteroatoms. The summed E-state index contributed by atoms with van der Waals surface area (Å²) in [7, 11) is 0. The number of hydrogen-bond donors (Lipinski definition) is 0. The second-order valence-electron chi connectivity index (χ2n) is 0.822. The molecule has 0 aliphatic rings. The van der Waals surface area contributed by atoms with Crippen LogP contribution in [0.4, 0.5) is 0 Å². The summed E-state index contributed by atoms with van der Waals surface area (Å²) in [4.78, 5) is 9.17. The van der Waals surface area contributed by atoms with E-state index >= 15 is 0 Å². The van der Waals surface area contributed by atoms with Crippen LogP contribution in [0.5, 0.6) is 0 Å².